The average Bonchev–Trinajstić information content (AvgIpc) is 2.53. The molecule has 0 atom stereocenters. The number of thiophene rings is 1. The van der Waals surface area contributed by atoms with Gasteiger partial charge in [0.25, 0.3) is 0 Å². The molecule has 0 aliphatic rings. The molecular weight excluding hydrogens is 220 g/mol. The molecule has 1 aromatic heterocycles. The summed E-state index contributed by atoms with van der Waals surface area (Å²) in [6.07, 6.45) is 2.02. The largest absolute Gasteiger partial charge is 0.506 e. The number of benzene rings is 1. The highest BCUT2D eigenvalue weighted by Crippen LogP contribution is 2.40. The summed E-state index contributed by atoms with van der Waals surface area (Å²) in [6, 6.07) is 3.72. The minimum Gasteiger partial charge on any atom is -0.506 e. The summed E-state index contributed by atoms with van der Waals surface area (Å²) in [5, 5.41) is 12.7. The Labute approximate surface area is 90.2 Å². The first-order valence-corrected chi connectivity index (χ1v) is 6.25. The second-order valence-electron chi connectivity index (χ2n) is 2.61. The molecule has 1 aromatic carbocycles. The highest BCUT2D eigenvalue weighted by molar-refractivity contribution is 7.99. The molecule has 1 nitrogen and oxygen atoms in total. The molecule has 1 heterocycles. The molecule has 0 bridgehead atoms. The predicted molar refractivity (Wildman–Crippen MR) is 62.5 cm³/mol. The second kappa shape index (κ2) is 3.44. The first-order chi connectivity index (χ1) is 6.24. The van der Waals surface area contributed by atoms with Crippen LogP contribution in [0.5, 0.6) is 5.75 Å². The molecule has 68 valence electrons. The normalized spacial score (nSPS) is 10.9. The minimum atomic E-state index is 0.327. The molecule has 2 rings (SSSR count). The highest BCUT2D eigenvalue weighted by Gasteiger charge is 2.09. The van der Waals surface area contributed by atoms with E-state index in [1.807, 2.05) is 17.7 Å². The van der Waals surface area contributed by atoms with Gasteiger partial charge in [-0.15, -0.1) is 35.7 Å². The number of hydrogen-bond donors (Lipinski definition) is 2. The number of phenolic OH excluding ortho intramolecular Hbond substituents is 1. The maximum atomic E-state index is 9.61. The van der Waals surface area contributed by atoms with Crippen molar-refractivity contribution in [2.75, 3.05) is 6.26 Å². The Bertz CT molecular complexity index is 447. The first kappa shape index (κ1) is 9.24. The van der Waals surface area contributed by atoms with E-state index in [1.165, 1.54) is 0 Å². The zero-order chi connectivity index (χ0) is 9.42. The van der Waals surface area contributed by atoms with Crippen molar-refractivity contribution < 1.29 is 5.11 Å². The Morgan fingerprint density at radius 1 is 1.54 bits per heavy atom. The van der Waals surface area contributed by atoms with Crippen molar-refractivity contribution >= 4 is 45.8 Å². The third-order valence-corrected chi connectivity index (χ3v) is 4.14. The van der Waals surface area contributed by atoms with Crippen LogP contribution in [-0.4, -0.2) is 11.4 Å². The van der Waals surface area contributed by atoms with E-state index >= 15 is 0 Å². The summed E-state index contributed by atoms with van der Waals surface area (Å²) < 4.78 is 0.946. The second-order valence-corrected chi connectivity index (χ2v) is 4.83. The minimum absolute atomic E-state index is 0.327. The van der Waals surface area contributed by atoms with Gasteiger partial charge in [-0.3, -0.25) is 0 Å². The van der Waals surface area contributed by atoms with E-state index in [2.05, 4.69) is 12.6 Å². The van der Waals surface area contributed by atoms with Gasteiger partial charge in [0.05, 0.1) is 4.70 Å². The van der Waals surface area contributed by atoms with Gasteiger partial charge in [-0.05, 0) is 23.8 Å². The molecule has 0 unspecified atom stereocenters. The molecule has 0 saturated carbocycles. The lowest BCUT2D eigenvalue weighted by Crippen LogP contribution is -1.76. The fourth-order valence-electron chi connectivity index (χ4n) is 1.30. The zero-order valence-corrected chi connectivity index (χ0v) is 9.47. The quantitative estimate of drug-likeness (QED) is 0.574. The average molecular weight is 228 g/mol. The van der Waals surface area contributed by atoms with Crippen molar-refractivity contribution in [3.8, 4) is 5.75 Å². The number of thiol groups is 1. The van der Waals surface area contributed by atoms with Crippen LogP contribution in [0, 0.1) is 0 Å². The van der Waals surface area contributed by atoms with Crippen LogP contribution < -0.4 is 0 Å². The maximum absolute atomic E-state index is 9.61. The molecule has 0 amide bonds. The molecule has 0 saturated heterocycles. The van der Waals surface area contributed by atoms with Crippen molar-refractivity contribution in [2.45, 2.75) is 9.79 Å². The van der Waals surface area contributed by atoms with Crippen LogP contribution >= 0.6 is 35.7 Å². The number of thioether (sulfide) groups is 1. The molecule has 2 aromatic rings. The van der Waals surface area contributed by atoms with Crippen LogP contribution in [0.2, 0.25) is 0 Å². The summed E-state index contributed by atoms with van der Waals surface area (Å²) in [5.41, 5.74) is 0. The summed E-state index contributed by atoms with van der Waals surface area (Å²) in [6.45, 7) is 0. The van der Waals surface area contributed by atoms with Gasteiger partial charge in [-0.1, -0.05) is 0 Å². The van der Waals surface area contributed by atoms with E-state index in [-0.39, 0.29) is 0 Å². The zero-order valence-electron chi connectivity index (χ0n) is 6.94. The van der Waals surface area contributed by atoms with Gasteiger partial charge < -0.3 is 5.11 Å². The SMILES string of the molecule is CSc1c(S)cc(O)c2sccc12. The molecule has 0 aliphatic carbocycles. The van der Waals surface area contributed by atoms with Gasteiger partial charge in [-0.25, -0.2) is 0 Å². The van der Waals surface area contributed by atoms with Crippen molar-refractivity contribution in [3.63, 3.8) is 0 Å². The molecule has 0 fully saturated rings. The smallest absolute Gasteiger partial charge is 0.134 e. The van der Waals surface area contributed by atoms with Crippen LogP contribution in [0.15, 0.2) is 27.3 Å². The topological polar surface area (TPSA) is 20.2 Å². The van der Waals surface area contributed by atoms with Crippen molar-refractivity contribution in [3.05, 3.63) is 17.5 Å². The van der Waals surface area contributed by atoms with E-state index in [1.54, 1.807) is 29.2 Å². The van der Waals surface area contributed by atoms with Gasteiger partial charge in [0, 0.05) is 15.2 Å². The Balaban J connectivity index is 2.88. The van der Waals surface area contributed by atoms with Crippen molar-refractivity contribution in [2.24, 2.45) is 0 Å². The molecule has 1 N–H and O–H groups in total. The fourth-order valence-corrected chi connectivity index (χ4v) is 3.36. The molecule has 0 spiro atoms. The van der Waals surface area contributed by atoms with Crippen LogP contribution in [0.3, 0.4) is 0 Å². The Morgan fingerprint density at radius 2 is 2.31 bits per heavy atom. The molecular formula is C9H8OS3. The van der Waals surface area contributed by atoms with Crippen LogP contribution in [-0.2, 0) is 0 Å². The lowest BCUT2D eigenvalue weighted by Gasteiger charge is -2.04. The van der Waals surface area contributed by atoms with Crippen LogP contribution in [0.25, 0.3) is 10.1 Å². The number of aromatic hydroxyl groups is 1. The van der Waals surface area contributed by atoms with E-state index in [4.69, 9.17) is 0 Å². The standard InChI is InChI=1S/C9H8OS3/c1-12-9-5-2-3-13-8(5)6(10)4-7(9)11/h2-4,10-11H,1H3. The molecule has 4 heteroatoms. The summed E-state index contributed by atoms with van der Waals surface area (Å²) in [5.74, 6) is 0.327. The monoisotopic (exact) mass is 228 g/mol. The maximum Gasteiger partial charge on any atom is 0.134 e. The lowest BCUT2D eigenvalue weighted by molar-refractivity contribution is 0.480. The summed E-state index contributed by atoms with van der Waals surface area (Å²) in [7, 11) is 0. The summed E-state index contributed by atoms with van der Waals surface area (Å²) >= 11 is 7.53. The van der Waals surface area contributed by atoms with Gasteiger partial charge in [-0.2, -0.15) is 0 Å². The predicted octanol–water partition coefficient (Wildman–Crippen LogP) is 3.62. The van der Waals surface area contributed by atoms with Crippen molar-refractivity contribution in [1.82, 2.24) is 0 Å². The van der Waals surface area contributed by atoms with E-state index < -0.39 is 0 Å². The number of hydrogen-bond acceptors (Lipinski definition) is 4. The number of rotatable bonds is 1. The Hall–Kier alpha value is -0.320. The third-order valence-electron chi connectivity index (χ3n) is 1.85. The first-order valence-electron chi connectivity index (χ1n) is 3.70. The van der Waals surface area contributed by atoms with E-state index in [9.17, 15) is 5.11 Å². The van der Waals surface area contributed by atoms with Gasteiger partial charge in [0.1, 0.15) is 5.75 Å². The fraction of sp³-hybridized carbons (Fsp3) is 0.111. The van der Waals surface area contributed by atoms with Gasteiger partial charge in [0.2, 0.25) is 0 Å². The van der Waals surface area contributed by atoms with Crippen LogP contribution in [0.1, 0.15) is 0 Å². The van der Waals surface area contributed by atoms with Gasteiger partial charge >= 0.3 is 0 Å². The van der Waals surface area contributed by atoms with Crippen LogP contribution in [0.4, 0.5) is 0 Å². The molecule has 13 heavy (non-hydrogen) atoms. The highest BCUT2D eigenvalue weighted by atomic mass is 32.2. The number of phenols is 1. The molecule has 0 radical (unpaired) electrons. The van der Waals surface area contributed by atoms with Crippen molar-refractivity contribution in [1.29, 1.82) is 0 Å². The van der Waals surface area contributed by atoms with E-state index in [0.717, 1.165) is 19.9 Å². The molecule has 0 aliphatic heterocycles. The van der Waals surface area contributed by atoms with Gasteiger partial charge in [0.15, 0.2) is 0 Å². The Kier molecular flexibility index (Phi) is 2.45. The van der Waals surface area contributed by atoms with E-state index in [0.29, 0.717) is 5.75 Å². The lowest BCUT2D eigenvalue weighted by atomic mass is 10.2. The number of fused-ring (bicyclic) bond motifs is 1. The summed E-state index contributed by atoms with van der Waals surface area (Å²) in [4.78, 5) is 1.98. The third kappa shape index (κ3) is 1.43. The Morgan fingerprint density at radius 3 is 3.00 bits per heavy atom.